The Morgan fingerprint density at radius 2 is 1.02 bits per heavy atom. The highest BCUT2D eigenvalue weighted by molar-refractivity contribution is 14.1. The quantitative estimate of drug-likeness (QED) is 0.0287. The van der Waals surface area contributed by atoms with Gasteiger partial charge in [-0.15, -0.1) is 0 Å². The van der Waals surface area contributed by atoms with E-state index in [9.17, 15) is 102 Å². The lowest BCUT2D eigenvalue weighted by Gasteiger charge is -2.42. The number of halogens is 1. The maximum atomic E-state index is 16.8. The number of alkyl halides is 1. The van der Waals surface area contributed by atoms with E-state index in [0.29, 0.717) is 0 Å². The molecule has 680 valence electrons. The van der Waals surface area contributed by atoms with Crippen molar-refractivity contribution in [1.82, 2.24) is 31.9 Å². The molecule has 0 spiro atoms. The van der Waals surface area contributed by atoms with Crippen molar-refractivity contribution in [3.8, 4) is 80.1 Å². The molecule has 0 radical (unpaired) electrons. The van der Waals surface area contributed by atoms with Crippen LogP contribution in [0.1, 0.15) is 107 Å². The summed E-state index contributed by atoms with van der Waals surface area (Å²) in [5, 5.41) is 220. The zero-order chi connectivity index (χ0) is 91.5. The van der Waals surface area contributed by atoms with E-state index in [1.165, 1.54) is 68.4 Å². The predicted molar refractivity (Wildman–Crippen MR) is 435 cm³/mol. The van der Waals surface area contributed by atoms with E-state index < -0.39 is 309 Å². The van der Waals surface area contributed by atoms with Crippen molar-refractivity contribution in [2.24, 2.45) is 11.5 Å². The molecule has 44 heteroatoms. The number of nitrogens with one attached hydrogen (secondary N) is 6. The molecule has 16 rings (SSSR count). The minimum absolute atomic E-state index is 0.0308. The Hall–Kier alpha value is -11.0. The third-order valence-corrected chi connectivity index (χ3v) is 23.5. The lowest BCUT2D eigenvalue weighted by Crippen LogP contribution is -2.61. The number of aliphatic hydroxyl groups excluding tert-OH is 13. The molecule has 3 fully saturated rings. The Kier molecular flexibility index (Phi) is 27.4. The fourth-order valence-corrected chi connectivity index (χ4v) is 16.0. The highest BCUT2D eigenvalue weighted by Crippen LogP contribution is 2.50. The third-order valence-electron chi connectivity index (χ3n) is 22.7. The molecule has 0 saturated carbocycles. The lowest BCUT2D eigenvalue weighted by molar-refractivity contribution is -0.318. The normalized spacial score (nSPS) is 31.3. The third kappa shape index (κ3) is 19.0. The number of aliphatic hydroxyl groups is 13. The van der Waals surface area contributed by atoms with Gasteiger partial charge in [0.15, 0.2) is 41.6 Å². The number of amides is 6. The first-order chi connectivity index (χ1) is 60.2. The Morgan fingerprint density at radius 3 is 1.65 bits per heavy atom. The van der Waals surface area contributed by atoms with Crippen LogP contribution in [0.2, 0.25) is 0 Å². The predicted octanol–water partition coefficient (Wildman–Crippen LogP) is -2.48. The summed E-state index contributed by atoms with van der Waals surface area (Å²) in [5.41, 5.74) is 9.04. The van der Waals surface area contributed by atoms with E-state index in [-0.39, 0.29) is 45.3 Å². The smallest absolute Gasteiger partial charge is 0.330 e. The fraction of sp³-hybridized carbons (Fsp3) is 0.410. The van der Waals surface area contributed by atoms with E-state index in [1.54, 1.807) is 6.92 Å². The highest BCUT2D eigenvalue weighted by atomic mass is 127. The second-order valence-corrected chi connectivity index (χ2v) is 33.4. The van der Waals surface area contributed by atoms with Crippen molar-refractivity contribution < 1.29 is 173 Å². The summed E-state index contributed by atoms with van der Waals surface area (Å²) >= 11 is 1.87. The summed E-state index contributed by atoms with van der Waals surface area (Å²) in [4.78, 5) is 110. The Labute approximate surface area is 731 Å². The molecule has 8 unspecified atom stereocenters. The van der Waals surface area contributed by atoms with Crippen LogP contribution in [-0.4, -0.2) is 273 Å². The van der Waals surface area contributed by atoms with Crippen LogP contribution >= 0.6 is 22.6 Å². The molecule has 0 aromatic heterocycles. The number of ether oxygens (including phenoxy) is 10. The van der Waals surface area contributed by atoms with Crippen molar-refractivity contribution in [2.75, 3.05) is 13.2 Å². The van der Waals surface area contributed by atoms with E-state index in [1.807, 2.05) is 22.6 Å². The largest absolute Gasteiger partial charge is 0.508 e. The van der Waals surface area contributed by atoms with Crippen LogP contribution < -0.4 is 67.1 Å². The molecule has 3 saturated heterocycles. The number of fused-ring (bicyclic) bond motifs is 14. The molecule has 6 amide bonds. The summed E-state index contributed by atoms with van der Waals surface area (Å²) < 4.78 is 61.2. The van der Waals surface area contributed by atoms with Crippen LogP contribution in [-0.2, 0) is 57.2 Å². The summed E-state index contributed by atoms with van der Waals surface area (Å²) in [6.07, 6.45) is -37.6. The van der Waals surface area contributed by atoms with Crippen LogP contribution in [0.25, 0.3) is 11.1 Å². The van der Waals surface area contributed by atoms with Crippen LogP contribution in [0.4, 0.5) is 0 Å². The van der Waals surface area contributed by atoms with Gasteiger partial charge in [0.1, 0.15) is 156 Å². The van der Waals surface area contributed by atoms with E-state index in [4.69, 9.17) is 58.8 Å². The number of phenols is 4. The molecule has 28 N–H and O–H groups in total. The van der Waals surface area contributed by atoms with Crippen LogP contribution in [0, 0.1) is 6.92 Å². The van der Waals surface area contributed by atoms with Crippen molar-refractivity contribution in [3.05, 3.63) is 166 Å². The first-order valence-corrected chi connectivity index (χ1v) is 40.8. The monoisotopic (exact) mass is 1890 g/mol. The van der Waals surface area contributed by atoms with Gasteiger partial charge in [-0.05, 0) is 126 Å². The van der Waals surface area contributed by atoms with Crippen LogP contribution in [0.5, 0.6) is 69.0 Å². The number of hydrogen-bond donors (Lipinski definition) is 26. The van der Waals surface area contributed by atoms with E-state index >= 15 is 24.0 Å². The van der Waals surface area contributed by atoms with Crippen molar-refractivity contribution in [2.45, 2.75) is 196 Å². The SMILES string of the molecule is Cc1c(O)cc2cc1Oc1cc(ccc1O)[C@@H](N)C(=O)N[C@H]1C(=O)N[C@@H]2C(=O)N[C@H]2C(=O)N[C@H]3C(=O)N[C@H](C(=O)N[C@H](C(=O)O)c4cc(O)cc(O[C@H]5OC(CO)[C@@H](O)[C@@H](O)C5O)c4-c4cc3ccc4O)C(O[C@H](O)C[C@H](N)[C@@H](O)C(C)I)c3ccc(cc3)Oc3cc2cc(c3OC2OC(CO[C@@H]3OC(C)[C@H](O)[C@@H](O)C3O)[C@@H](O)[C@H](O)[C@@H]2O)Oc2ccc(cc2)[C@H]1O. The zero-order valence-corrected chi connectivity index (χ0v) is 69.0. The molecule has 9 aliphatic heterocycles. The summed E-state index contributed by atoms with van der Waals surface area (Å²) in [5.74, 6) is -17.7. The van der Waals surface area contributed by atoms with Gasteiger partial charge < -0.3 is 183 Å². The van der Waals surface area contributed by atoms with Gasteiger partial charge in [0, 0.05) is 44.7 Å². The number of hydrogen-bond acceptors (Lipinski definition) is 36. The minimum atomic E-state index is -2.50. The first-order valence-electron chi connectivity index (χ1n) is 39.6. The molecule has 9 heterocycles. The van der Waals surface area contributed by atoms with Crippen LogP contribution in [0.15, 0.2) is 121 Å². The standard InChI is InChI=1S/C83H91IN8O35/c1-27-44(97)17-34-19-45(27)122-46-18-32(8-15-43(46)96)54(86)74(110)91-59-63(101)30-4-10-37(11-5-30)120-48-20-35-21-49(73(48)127-83-71(109)68(106)65(103)51(125-83)26-118-81-69(107)66(104)62(100)29(3)119-81)121-38-12-6-31(7-13-38)72(126-52(98)24-41(85)61(99)28(2)84)60-79(115)90-58(80(116)117)40-22-36(94)23-47(123-82-70(108)67(105)64(102)50(25-93)124-82)53(40)39-16-33(9-14-42(39)95)55(75(111)92-60)87-77(113)57(35)88-76(112)56(34)89-78(59)114/h4-23,28-29,41,50-52,54-72,81-83,93-109H,24-26,85-86H2,1-3H3,(H,87,113)(H,88,112)(H,89,114)(H,90,115)(H,91,110)(H,92,111)(H,116,117)/t28?,29?,41-,50?,51?,52-,54+,55+,56-,57+,58-,59+,60-,61-,62-,63+,64+,65+,66+,67+,68-,69?,70?,71-,72?,81+,82-,83?/m0/s1. The highest BCUT2D eigenvalue weighted by Gasteiger charge is 2.51. The van der Waals surface area contributed by atoms with Gasteiger partial charge in [-0.3, -0.25) is 28.8 Å². The van der Waals surface area contributed by atoms with E-state index in [0.717, 1.165) is 66.7 Å². The number of nitrogens with two attached hydrogens (primary N) is 2. The van der Waals surface area contributed by atoms with E-state index in [2.05, 4.69) is 31.9 Å². The molecule has 7 aromatic rings. The van der Waals surface area contributed by atoms with Crippen molar-refractivity contribution >= 4 is 64.0 Å². The number of aromatic hydroxyl groups is 4. The second kappa shape index (κ2) is 37.7. The summed E-state index contributed by atoms with van der Waals surface area (Å²) in [7, 11) is 0. The van der Waals surface area contributed by atoms with Crippen molar-refractivity contribution in [3.63, 3.8) is 0 Å². The average Bonchev–Trinajstić information content (AvgIpc) is 0.812. The number of carboxylic acid groups (broad SMARTS) is 1. The van der Waals surface area contributed by atoms with Gasteiger partial charge in [0.25, 0.3) is 0 Å². The maximum Gasteiger partial charge on any atom is 0.330 e. The Bertz CT molecular complexity index is 5310. The van der Waals surface area contributed by atoms with Gasteiger partial charge in [0.2, 0.25) is 53.8 Å². The molecular formula is C83H91IN8O35. The first kappa shape index (κ1) is 92.1. The van der Waals surface area contributed by atoms with Gasteiger partial charge in [-0.1, -0.05) is 65.9 Å². The van der Waals surface area contributed by atoms with Gasteiger partial charge >= 0.3 is 5.97 Å². The summed E-state index contributed by atoms with van der Waals surface area (Å²) in [6, 6.07) is 4.19. The molecule has 9 aliphatic rings. The van der Waals surface area contributed by atoms with Gasteiger partial charge in [-0.25, -0.2) is 4.79 Å². The molecule has 28 atom stereocenters. The number of carbonyl (C=O) groups excluding carboxylic acids is 6. The van der Waals surface area contributed by atoms with Gasteiger partial charge in [-0.2, -0.15) is 0 Å². The average molecular weight is 1890 g/mol. The molecule has 127 heavy (non-hydrogen) atoms. The molecule has 0 aliphatic carbocycles. The fourth-order valence-electron chi connectivity index (χ4n) is 15.5. The Morgan fingerprint density at radius 1 is 0.512 bits per heavy atom. The lowest BCUT2D eigenvalue weighted by atomic mass is 9.89. The Balaban J connectivity index is 1.01. The molecule has 17 bridgehead atoms. The number of carbonyl (C=O) groups is 7. The topological polar surface area (TPSA) is 700 Å². The number of rotatable bonds is 15. The number of benzene rings is 7. The molecule has 7 aromatic carbocycles. The van der Waals surface area contributed by atoms with Crippen LogP contribution in [0.3, 0.4) is 0 Å². The number of phenolic OH excluding ortho intramolecular Hbond substituents is 4. The summed E-state index contributed by atoms with van der Waals surface area (Å²) in [6.45, 7) is 2.42. The minimum Gasteiger partial charge on any atom is -0.508 e. The molecular weight excluding hydrogens is 1800 g/mol. The number of aliphatic carboxylic acids is 1. The second-order valence-electron chi connectivity index (χ2n) is 31.4. The van der Waals surface area contributed by atoms with Gasteiger partial charge in [0.05, 0.1) is 25.4 Å². The zero-order valence-electron chi connectivity index (χ0n) is 66.9. The maximum absolute atomic E-state index is 16.8. The van der Waals surface area contributed by atoms with Crippen molar-refractivity contribution in [1.29, 1.82) is 0 Å². The number of carboxylic acids is 1. The molecule has 43 nitrogen and oxygen atoms in total.